The van der Waals surface area contributed by atoms with Crippen LogP contribution in [0.1, 0.15) is 10.5 Å². The lowest BCUT2D eigenvalue weighted by Crippen LogP contribution is -2.14. The summed E-state index contributed by atoms with van der Waals surface area (Å²) in [6, 6.07) is 3.33. The first-order chi connectivity index (χ1) is 9.16. The van der Waals surface area contributed by atoms with Gasteiger partial charge in [0.05, 0.1) is 22.4 Å². The van der Waals surface area contributed by atoms with Crippen molar-refractivity contribution in [3.05, 3.63) is 22.8 Å². The van der Waals surface area contributed by atoms with Crippen LogP contribution in [0.15, 0.2) is 16.8 Å². The van der Waals surface area contributed by atoms with Crippen molar-refractivity contribution in [2.75, 3.05) is 11.1 Å². The predicted octanol–water partition coefficient (Wildman–Crippen LogP) is 1.56. The van der Waals surface area contributed by atoms with Crippen LogP contribution in [-0.4, -0.2) is 25.0 Å². The molecule has 2 heterocycles. The minimum absolute atomic E-state index is 0.0998. The van der Waals surface area contributed by atoms with E-state index in [4.69, 9.17) is 17.3 Å². The Labute approximate surface area is 114 Å². The number of hydrogen-bond donors (Lipinski definition) is 2. The fourth-order valence-electron chi connectivity index (χ4n) is 1.47. The number of carbonyl (C=O) groups is 1. The normalized spacial score (nSPS) is 10.8. The van der Waals surface area contributed by atoms with Crippen LogP contribution < -0.4 is 11.1 Å². The maximum absolute atomic E-state index is 12.0. The lowest BCUT2D eigenvalue weighted by molar-refractivity contribution is 0.101. The number of rotatable bonds is 2. The summed E-state index contributed by atoms with van der Waals surface area (Å²) in [4.78, 5) is 12.0. The largest absolute Gasteiger partial charge is 0.379 e. The Morgan fingerprint density at radius 2 is 2.21 bits per heavy atom. The summed E-state index contributed by atoms with van der Waals surface area (Å²) in [5.74, 6) is -0.682. The van der Waals surface area contributed by atoms with Crippen molar-refractivity contribution in [2.45, 2.75) is 0 Å². The molecule has 0 atom stereocenters. The second-order valence-electron chi connectivity index (χ2n) is 3.51. The van der Waals surface area contributed by atoms with Crippen molar-refractivity contribution in [2.24, 2.45) is 0 Å². The average Bonchev–Trinajstić information content (AvgIpc) is 3.01. The van der Waals surface area contributed by atoms with Gasteiger partial charge in [-0.1, -0.05) is 11.6 Å². The zero-order valence-corrected chi connectivity index (χ0v) is 10.7. The van der Waals surface area contributed by atoms with Crippen LogP contribution in [0.2, 0.25) is 5.02 Å². The molecule has 2 aromatic heterocycles. The SMILES string of the molecule is Nc1nonc1C(=O)Nc1c(Cl)ccc2nsnc12. The molecule has 0 saturated heterocycles. The predicted molar refractivity (Wildman–Crippen MR) is 69.1 cm³/mol. The van der Waals surface area contributed by atoms with Crippen molar-refractivity contribution < 1.29 is 9.42 Å². The van der Waals surface area contributed by atoms with Crippen molar-refractivity contribution in [3.63, 3.8) is 0 Å². The van der Waals surface area contributed by atoms with E-state index in [2.05, 4.69) is 29.0 Å². The number of benzene rings is 1. The standard InChI is InChI=1S/C9H5ClN6O2S/c10-3-1-2-4-6(16-19-15-4)5(3)12-9(17)7-8(11)14-18-13-7/h1-2H,(H2,11,14)(H,12,17). The highest BCUT2D eigenvalue weighted by Gasteiger charge is 2.19. The van der Waals surface area contributed by atoms with Gasteiger partial charge in [0.15, 0.2) is 0 Å². The van der Waals surface area contributed by atoms with Crippen LogP contribution in [0.25, 0.3) is 11.0 Å². The Morgan fingerprint density at radius 1 is 1.37 bits per heavy atom. The summed E-state index contributed by atoms with van der Waals surface area (Å²) < 4.78 is 12.5. The molecule has 1 aromatic carbocycles. The molecule has 0 radical (unpaired) electrons. The van der Waals surface area contributed by atoms with Crippen LogP contribution in [0.5, 0.6) is 0 Å². The van der Waals surface area contributed by atoms with Gasteiger partial charge in [0.2, 0.25) is 11.5 Å². The zero-order valence-electron chi connectivity index (χ0n) is 9.12. The van der Waals surface area contributed by atoms with Gasteiger partial charge in [-0.25, -0.2) is 4.63 Å². The number of nitrogens with zero attached hydrogens (tertiary/aromatic N) is 4. The topological polar surface area (TPSA) is 120 Å². The van der Waals surface area contributed by atoms with E-state index in [-0.39, 0.29) is 11.5 Å². The van der Waals surface area contributed by atoms with Gasteiger partial charge in [-0.2, -0.15) is 8.75 Å². The van der Waals surface area contributed by atoms with Gasteiger partial charge in [-0.05, 0) is 22.4 Å². The highest BCUT2D eigenvalue weighted by Crippen LogP contribution is 2.30. The molecule has 3 rings (SSSR count). The van der Waals surface area contributed by atoms with Crippen LogP contribution in [0.3, 0.4) is 0 Å². The van der Waals surface area contributed by atoms with Gasteiger partial charge in [0.1, 0.15) is 11.0 Å². The van der Waals surface area contributed by atoms with E-state index in [1.54, 1.807) is 12.1 Å². The number of aromatic nitrogens is 4. The van der Waals surface area contributed by atoms with Gasteiger partial charge in [-0.15, -0.1) is 0 Å². The van der Waals surface area contributed by atoms with Crippen molar-refractivity contribution >= 4 is 51.8 Å². The van der Waals surface area contributed by atoms with E-state index in [9.17, 15) is 4.79 Å². The number of nitrogens with two attached hydrogens (primary N) is 1. The molecule has 0 bridgehead atoms. The number of fused-ring (bicyclic) bond motifs is 1. The fraction of sp³-hybridized carbons (Fsp3) is 0. The third-order valence-corrected chi connectivity index (χ3v) is 3.20. The molecule has 3 aromatic rings. The van der Waals surface area contributed by atoms with Crippen LogP contribution in [-0.2, 0) is 0 Å². The van der Waals surface area contributed by atoms with E-state index < -0.39 is 5.91 Å². The van der Waals surface area contributed by atoms with E-state index in [1.165, 1.54) is 0 Å². The molecule has 0 aliphatic carbocycles. The maximum Gasteiger partial charge on any atom is 0.281 e. The molecule has 0 unspecified atom stereocenters. The molecule has 1 amide bonds. The van der Waals surface area contributed by atoms with E-state index in [1.807, 2.05) is 0 Å². The maximum atomic E-state index is 12.0. The Morgan fingerprint density at radius 3 is 2.95 bits per heavy atom. The fourth-order valence-corrected chi connectivity index (χ4v) is 2.21. The molecule has 19 heavy (non-hydrogen) atoms. The Balaban J connectivity index is 2.02. The third-order valence-electron chi connectivity index (χ3n) is 2.34. The lowest BCUT2D eigenvalue weighted by atomic mass is 10.2. The summed E-state index contributed by atoms with van der Waals surface area (Å²) in [6.45, 7) is 0. The highest BCUT2D eigenvalue weighted by molar-refractivity contribution is 7.00. The molecule has 8 nitrogen and oxygen atoms in total. The first-order valence-corrected chi connectivity index (χ1v) is 6.08. The molecule has 0 fully saturated rings. The van der Waals surface area contributed by atoms with Crippen molar-refractivity contribution in [1.29, 1.82) is 0 Å². The number of hydrogen-bond acceptors (Lipinski definition) is 8. The first-order valence-electron chi connectivity index (χ1n) is 4.97. The molecular weight excluding hydrogens is 292 g/mol. The van der Waals surface area contributed by atoms with Gasteiger partial charge in [0, 0.05) is 0 Å². The number of carbonyl (C=O) groups excluding carboxylic acids is 1. The van der Waals surface area contributed by atoms with Gasteiger partial charge < -0.3 is 11.1 Å². The van der Waals surface area contributed by atoms with Crippen molar-refractivity contribution in [3.8, 4) is 0 Å². The number of amides is 1. The summed E-state index contributed by atoms with van der Waals surface area (Å²) in [7, 11) is 0. The number of halogens is 1. The number of anilines is 2. The molecule has 0 aliphatic heterocycles. The second-order valence-corrected chi connectivity index (χ2v) is 4.44. The van der Waals surface area contributed by atoms with E-state index in [0.29, 0.717) is 21.7 Å². The lowest BCUT2D eigenvalue weighted by Gasteiger charge is -2.05. The van der Waals surface area contributed by atoms with Crippen LogP contribution in [0, 0.1) is 0 Å². The van der Waals surface area contributed by atoms with Gasteiger partial charge >= 0.3 is 0 Å². The monoisotopic (exact) mass is 296 g/mol. The van der Waals surface area contributed by atoms with Gasteiger partial charge in [-0.3, -0.25) is 4.79 Å². The van der Waals surface area contributed by atoms with E-state index >= 15 is 0 Å². The Hall–Kier alpha value is -2.26. The first kappa shape index (κ1) is 11.8. The number of nitrogen functional groups attached to an aromatic ring is 1. The molecule has 3 N–H and O–H groups in total. The van der Waals surface area contributed by atoms with E-state index in [0.717, 1.165) is 11.7 Å². The molecule has 96 valence electrons. The van der Waals surface area contributed by atoms with Crippen LogP contribution in [0.4, 0.5) is 11.5 Å². The van der Waals surface area contributed by atoms with Crippen LogP contribution >= 0.6 is 23.3 Å². The molecule has 0 aliphatic rings. The third kappa shape index (κ3) is 1.98. The molecular formula is C9H5ClN6O2S. The number of nitrogens with one attached hydrogen (secondary N) is 1. The van der Waals surface area contributed by atoms with Crippen molar-refractivity contribution in [1.82, 2.24) is 19.1 Å². The molecule has 0 spiro atoms. The minimum Gasteiger partial charge on any atom is -0.379 e. The summed E-state index contributed by atoms with van der Waals surface area (Å²) in [6.07, 6.45) is 0. The highest BCUT2D eigenvalue weighted by atomic mass is 35.5. The Bertz CT molecular complexity index is 769. The molecule has 10 heteroatoms. The quantitative estimate of drug-likeness (QED) is 0.736. The summed E-state index contributed by atoms with van der Waals surface area (Å²) in [5, 5.41) is 9.65. The second kappa shape index (κ2) is 4.44. The minimum atomic E-state index is -0.582. The molecule has 0 saturated carbocycles. The average molecular weight is 297 g/mol. The smallest absolute Gasteiger partial charge is 0.281 e. The summed E-state index contributed by atoms with van der Waals surface area (Å²) in [5.41, 5.74) is 6.81. The summed E-state index contributed by atoms with van der Waals surface area (Å²) >= 11 is 7.06. The Kier molecular flexibility index (Phi) is 2.76. The van der Waals surface area contributed by atoms with Gasteiger partial charge in [0.25, 0.3) is 5.91 Å². The zero-order chi connectivity index (χ0) is 13.4.